The first-order valence-corrected chi connectivity index (χ1v) is 7.89. The summed E-state index contributed by atoms with van der Waals surface area (Å²) < 4.78 is 26.3. The van der Waals surface area contributed by atoms with E-state index in [0.717, 1.165) is 4.88 Å². The van der Waals surface area contributed by atoms with Crippen molar-refractivity contribution in [2.75, 3.05) is 13.1 Å². The highest BCUT2D eigenvalue weighted by atomic mass is 32.2. The summed E-state index contributed by atoms with van der Waals surface area (Å²) in [5.41, 5.74) is 5.39. The molecule has 96 valence electrons. The predicted molar refractivity (Wildman–Crippen MR) is 74.9 cm³/mol. The van der Waals surface area contributed by atoms with E-state index in [0.29, 0.717) is 28.7 Å². The van der Waals surface area contributed by atoms with E-state index in [4.69, 9.17) is 18.0 Å². The molecule has 0 radical (unpaired) electrons. The van der Waals surface area contributed by atoms with Crippen LogP contribution in [0.1, 0.15) is 18.2 Å². The van der Waals surface area contributed by atoms with Crippen LogP contribution in [-0.4, -0.2) is 30.8 Å². The van der Waals surface area contributed by atoms with Gasteiger partial charge in [0.1, 0.15) is 4.21 Å². The van der Waals surface area contributed by atoms with Crippen molar-refractivity contribution in [2.45, 2.75) is 24.5 Å². The summed E-state index contributed by atoms with van der Waals surface area (Å²) in [7, 11) is -3.39. The topological polar surface area (TPSA) is 63.4 Å². The number of aryl methyl sites for hydroxylation is 1. The lowest BCUT2D eigenvalue weighted by Crippen LogP contribution is -2.33. The molecule has 1 heterocycles. The summed E-state index contributed by atoms with van der Waals surface area (Å²) in [5, 5.41) is 0. The minimum atomic E-state index is -3.39. The van der Waals surface area contributed by atoms with Gasteiger partial charge in [-0.3, -0.25) is 0 Å². The summed E-state index contributed by atoms with van der Waals surface area (Å²) in [5.74, 6) is 0. The number of sulfonamides is 1. The van der Waals surface area contributed by atoms with Crippen molar-refractivity contribution in [3.8, 4) is 0 Å². The first-order valence-electron chi connectivity index (χ1n) is 5.22. The first-order chi connectivity index (χ1) is 7.87. The van der Waals surface area contributed by atoms with E-state index in [2.05, 4.69) is 0 Å². The molecule has 7 heteroatoms. The van der Waals surface area contributed by atoms with Crippen molar-refractivity contribution < 1.29 is 8.42 Å². The number of hydrogen-bond acceptors (Lipinski definition) is 4. The van der Waals surface area contributed by atoms with Gasteiger partial charge in [0.25, 0.3) is 10.0 Å². The molecule has 0 fully saturated rings. The zero-order chi connectivity index (χ0) is 13.1. The highest BCUT2D eigenvalue weighted by molar-refractivity contribution is 7.91. The van der Waals surface area contributed by atoms with Crippen molar-refractivity contribution in [2.24, 2.45) is 5.73 Å². The Hall–Kier alpha value is -0.500. The molecular formula is C10H16N2O2S3. The van der Waals surface area contributed by atoms with Gasteiger partial charge in [-0.05, 0) is 19.1 Å². The van der Waals surface area contributed by atoms with Crippen LogP contribution in [0.3, 0.4) is 0 Å². The number of hydrogen-bond donors (Lipinski definition) is 1. The number of nitrogens with zero attached hydrogens (tertiary/aromatic N) is 1. The van der Waals surface area contributed by atoms with Gasteiger partial charge in [0.05, 0.1) is 4.99 Å². The van der Waals surface area contributed by atoms with Crippen molar-refractivity contribution in [3.05, 3.63) is 17.0 Å². The second-order valence-electron chi connectivity index (χ2n) is 3.58. The van der Waals surface area contributed by atoms with Gasteiger partial charge in [0.2, 0.25) is 0 Å². The van der Waals surface area contributed by atoms with Crippen molar-refractivity contribution in [1.82, 2.24) is 4.31 Å². The van der Waals surface area contributed by atoms with E-state index < -0.39 is 10.0 Å². The smallest absolute Gasteiger partial charge is 0.252 e. The fourth-order valence-corrected chi connectivity index (χ4v) is 4.34. The normalized spacial score (nSPS) is 11.9. The van der Waals surface area contributed by atoms with E-state index in [9.17, 15) is 8.42 Å². The minimum absolute atomic E-state index is 0.334. The molecule has 0 amide bonds. The highest BCUT2D eigenvalue weighted by Crippen LogP contribution is 2.24. The Morgan fingerprint density at radius 2 is 2.18 bits per heavy atom. The van der Waals surface area contributed by atoms with E-state index in [1.54, 1.807) is 19.1 Å². The molecule has 4 nitrogen and oxygen atoms in total. The quantitative estimate of drug-likeness (QED) is 0.811. The zero-order valence-corrected chi connectivity index (χ0v) is 12.3. The maximum Gasteiger partial charge on any atom is 0.252 e. The maximum atomic E-state index is 12.2. The van der Waals surface area contributed by atoms with Gasteiger partial charge >= 0.3 is 0 Å². The molecule has 2 N–H and O–H groups in total. The zero-order valence-electron chi connectivity index (χ0n) is 9.84. The van der Waals surface area contributed by atoms with Crippen molar-refractivity contribution >= 4 is 38.6 Å². The van der Waals surface area contributed by atoms with Gasteiger partial charge in [-0.15, -0.1) is 11.3 Å². The maximum absolute atomic E-state index is 12.2. The molecule has 0 saturated heterocycles. The van der Waals surface area contributed by atoms with Crippen LogP contribution in [0.4, 0.5) is 0 Å². The average molecular weight is 292 g/mol. The van der Waals surface area contributed by atoms with Crippen LogP contribution in [0.2, 0.25) is 0 Å². The number of nitrogens with two attached hydrogens (primary N) is 1. The first kappa shape index (κ1) is 14.6. The molecule has 0 aliphatic carbocycles. The van der Waals surface area contributed by atoms with Crippen LogP contribution < -0.4 is 5.73 Å². The Morgan fingerprint density at radius 1 is 1.53 bits per heavy atom. The van der Waals surface area contributed by atoms with Crippen LogP contribution in [0, 0.1) is 6.92 Å². The monoisotopic (exact) mass is 292 g/mol. The molecule has 1 aromatic rings. The van der Waals surface area contributed by atoms with Crippen LogP contribution in [-0.2, 0) is 10.0 Å². The SMILES string of the molecule is CCN(CCC(N)=S)S(=O)(=O)c1ccc(C)s1. The summed E-state index contributed by atoms with van der Waals surface area (Å²) in [6.45, 7) is 4.44. The Kier molecular flexibility index (Phi) is 5.05. The average Bonchev–Trinajstić information content (AvgIpc) is 2.65. The van der Waals surface area contributed by atoms with Crippen molar-refractivity contribution in [3.63, 3.8) is 0 Å². The molecule has 0 bridgehead atoms. The lowest BCUT2D eigenvalue weighted by atomic mass is 10.4. The summed E-state index contributed by atoms with van der Waals surface area (Å²) in [6, 6.07) is 3.44. The van der Waals surface area contributed by atoms with Crippen LogP contribution >= 0.6 is 23.6 Å². The van der Waals surface area contributed by atoms with Crippen LogP contribution in [0.5, 0.6) is 0 Å². The second-order valence-corrected chi connectivity index (χ2v) is 7.56. The molecule has 0 aliphatic heterocycles. The molecular weight excluding hydrogens is 276 g/mol. The molecule has 0 aromatic carbocycles. The molecule has 0 spiro atoms. The molecule has 0 aliphatic rings. The second kappa shape index (κ2) is 5.90. The highest BCUT2D eigenvalue weighted by Gasteiger charge is 2.24. The molecule has 0 unspecified atom stereocenters. The van der Waals surface area contributed by atoms with Gasteiger partial charge in [0, 0.05) is 24.4 Å². The molecule has 0 saturated carbocycles. The summed E-state index contributed by atoms with van der Waals surface area (Å²) in [6.07, 6.45) is 0.409. The Labute approximate surface area is 111 Å². The Bertz CT molecular complexity index is 493. The third-order valence-electron chi connectivity index (χ3n) is 2.27. The van der Waals surface area contributed by atoms with Gasteiger partial charge < -0.3 is 5.73 Å². The van der Waals surface area contributed by atoms with Gasteiger partial charge in [-0.25, -0.2) is 8.42 Å². The van der Waals surface area contributed by atoms with E-state index in [1.165, 1.54) is 15.6 Å². The van der Waals surface area contributed by atoms with Gasteiger partial charge in [0.15, 0.2) is 0 Å². The minimum Gasteiger partial charge on any atom is -0.393 e. The molecule has 17 heavy (non-hydrogen) atoms. The number of thiophene rings is 1. The third-order valence-corrected chi connectivity index (χ3v) is 5.92. The standard InChI is InChI=1S/C10H16N2O2S3/c1-3-12(7-6-9(11)15)17(13,14)10-5-4-8(2)16-10/h4-5H,3,6-7H2,1-2H3,(H2,11,15). The summed E-state index contributed by atoms with van der Waals surface area (Å²) >= 11 is 6.04. The fraction of sp³-hybridized carbons (Fsp3) is 0.500. The Balaban J connectivity index is 2.90. The van der Waals surface area contributed by atoms with E-state index in [1.807, 2.05) is 6.92 Å². The van der Waals surface area contributed by atoms with Crippen molar-refractivity contribution in [1.29, 1.82) is 0 Å². The number of thiocarbonyl (C=S) groups is 1. The lowest BCUT2D eigenvalue weighted by molar-refractivity contribution is 0.439. The third kappa shape index (κ3) is 3.74. The lowest BCUT2D eigenvalue weighted by Gasteiger charge is -2.18. The van der Waals surface area contributed by atoms with Crippen LogP contribution in [0.25, 0.3) is 0 Å². The molecule has 0 atom stereocenters. The van der Waals surface area contributed by atoms with Gasteiger partial charge in [-0.1, -0.05) is 19.1 Å². The Morgan fingerprint density at radius 3 is 2.59 bits per heavy atom. The molecule has 1 aromatic heterocycles. The predicted octanol–water partition coefficient (Wildman–Crippen LogP) is 1.74. The number of rotatable bonds is 6. The summed E-state index contributed by atoms with van der Waals surface area (Å²) in [4.78, 5) is 1.31. The van der Waals surface area contributed by atoms with E-state index >= 15 is 0 Å². The van der Waals surface area contributed by atoms with Gasteiger partial charge in [-0.2, -0.15) is 4.31 Å². The fourth-order valence-electron chi connectivity index (χ4n) is 1.36. The van der Waals surface area contributed by atoms with E-state index in [-0.39, 0.29) is 0 Å². The van der Waals surface area contributed by atoms with Crippen LogP contribution in [0.15, 0.2) is 16.3 Å². The molecule has 1 rings (SSSR count). The largest absolute Gasteiger partial charge is 0.393 e.